The van der Waals surface area contributed by atoms with Crippen molar-refractivity contribution >= 4 is 67.0 Å². The van der Waals surface area contributed by atoms with Crippen molar-refractivity contribution in [1.29, 1.82) is 0 Å². The Balaban J connectivity index is 2.00. The van der Waals surface area contributed by atoms with Crippen LogP contribution in [-0.4, -0.2) is 33.7 Å². The molecule has 2 aromatic heterocycles. The van der Waals surface area contributed by atoms with E-state index >= 15 is 0 Å². The van der Waals surface area contributed by atoms with Crippen molar-refractivity contribution in [1.82, 2.24) is 14.9 Å². The molecule has 6 heteroatoms. The summed E-state index contributed by atoms with van der Waals surface area (Å²) in [5.41, 5.74) is 4.35. The third-order valence-corrected chi connectivity index (χ3v) is 5.74. The van der Waals surface area contributed by atoms with Gasteiger partial charge in [-0.2, -0.15) is 0 Å². The molecule has 2 N–H and O–H groups in total. The quantitative estimate of drug-likeness (QED) is 0.381. The summed E-state index contributed by atoms with van der Waals surface area (Å²) in [4.78, 5) is 34.0. The maximum Gasteiger partial charge on any atom is 0.262 e. The molecule has 3 heterocycles. The van der Waals surface area contributed by atoms with Crippen LogP contribution >= 0.6 is 11.6 Å². The van der Waals surface area contributed by atoms with Crippen LogP contribution in [0.5, 0.6) is 0 Å². The number of carbonyl (C=O) groups is 2. The minimum absolute atomic E-state index is 0.275. The molecular weight excluding hydrogens is 362 g/mol. The van der Waals surface area contributed by atoms with Crippen molar-refractivity contribution in [2.24, 2.45) is 0 Å². The third kappa shape index (κ3) is 1.65. The van der Waals surface area contributed by atoms with Crippen LogP contribution in [0.25, 0.3) is 43.6 Å². The molecular formula is C21H12ClN3O2. The van der Waals surface area contributed by atoms with Gasteiger partial charge in [-0.15, -0.1) is 0 Å². The number of aromatic amines is 2. The highest BCUT2D eigenvalue weighted by molar-refractivity contribution is 6.39. The minimum Gasteiger partial charge on any atom is -0.353 e. The molecule has 0 saturated carbocycles. The number of H-pyrrole nitrogens is 2. The number of hydrogen-bond donors (Lipinski definition) is 2. The molecule has 0 radical (unpaired) electrons. The first-order valence-corrected chi connectivity index (χ1v) is 8.94. The van der Waals surface area contributed by atoms with Crippen molar-refractivity contribution in [2.45, 2.75) is 0 Å². The highest BCUT2D eigenvalue weighted by atomic mass is 35.5. The minimum atomic E-state index is -0.284. The summed E-state index contributed by atoms with van der Waals surface area (Å²) >= 11 is 6.22. The molecule has 130 valence electrons. The summed E-state index contributed by atoms with van der Waals surface area (Å²) in [7, 11) is 1.53. The Morgan fingerprint density at radius 2 is 1.41 bits per heavy atom. The van der Waals surface area contributed by atoms with Gasteiger partial charge >= 0.3 is 0 Å². The van der Waals surface area contributed by atoms with Crippen molar-refractivity contribution in [3.05, 3.63) is 58.6 Å². The van der Waals surface area contributed by atoms with Crippen molar-refractivity contribution in [2.75, 3.05) is 7.05 Å². The topological polar surface area (TPSA) is 69.0 Å². The summed E-state index contributed by atoms with van der Waals surface area (Å²) < 4.78 is 0. The first-order valence-electron chi connectivity index (χ1n) is 8.56. The standard InChI is InChI=1S/C21H12ClN3O2/c1-25-20(26)16-14-10-4-2-3-5-12(10)23-18(14)19-15(17(16)21(25)27)11-8-9(22)6-7-13(11)24-19/h2-8,23-24H,1H3. The zero-order valence-electron chi connectivity index (χ0n) is 14.2. The number of hydrogen-bond acceptors (Lipinski definition) is 2. The van der Waals surface area contributed by atoms with E-state index in [2.05, 4.69) is 9.97 Å². The SMILES string of the molecule is CN1C(=O)c2c(c3c4cc(Cl)ccc4[nH]c3c3[nH]c4ccccc4c23)C1=O. The summed E-state index contributed by atoms with van der Waals surface area (Å²) in [5.74, 6) is -0.559. The molecule has 3 aromatic carbocycles. The Kier molecular flexibility index (Phi) is 2.58. The van der Waals surface area contributed by atoms with Gasteiger partial charge < -0.3 is 9.97 Å². The molecule has 0 bridgehead atoms. The molecule has 27 heavy (non-hydrogen) atoms. The number of amides is 2. The van der Waals surface area contributed by atoms with Gasteiger partial charge in [-0.3, -0.25) is 14.5 Å². The smallest absolute Gasteiger partial charge is 0.262 e. The Labute approximate surface area is 157 Å². The predicted octanol–water partition coefficient (Wildman–Crippen LogP) is 4.83. The number of aromatic nitrogens is 2. The van der Waals surface area contributed by atoms with Crippen LogP contribution in [0, 0.1) is 0 Å². The predicted molar refractivity (Wildman–Crippen MR) is 107 cm³/mol. The van der Waals surface area contributed by atoms with E-state index in [4.69, 9.17) is 11.6 Å². The molecule has 1 aliphatic rings. The molecule has 5 nitrogen and oxygen atoms in total. The molecule has 0 fully saturated rings. The number of fused-ring (bicyclic) bond motifs is 10. The van der Waals surface area contributed by atoms with Crippen molar-refractivity contribution in [3.63, 3.8) is 0 Å². The molecule has 2 amide bonds. The fraction of sp³-hybridized carbons (Fsp3) is 0.0476. The zero-order chi connectivity index (χ0) is 18.4. The van der Waals surface area contributed by atoms with E-state index in [0.717, 1.165) is 43.6 Å². The first kappa shape index (κ1) is 14.8. The van der Waals surface area contributed by atoms with Crippen molar-refractivity contribution < 1.29 is 9.59 Å². The van der Waals surface area contributed by atoms with Gasteiger partial charge in [0.2, 0.25) is 0 Å². The van der Waals surface area contributed by atoms with Crippen LogP contribution < -0.4 is 0 Å². The second-order valence-electron chi connectivity index (χ2n) is 6.90. The second-order valence-corrected chi connectivity index (χ2v) is 7.34. The zero-order valence-corrected chi connectivity index (χ0v) is 14.9. The summed E-state index contributed by atoms with van der Waals surface area (Å²) in [6.45, 7) is 0. The number of nitrogens with zero attached hydrogens (tertiary/aromatic N) is 1. The number of nitrogens with one attached hydrogen (secondary N) is 2. The van der Waals surface area contributed by atoms with Crippen molar-refractivity contribution in [3.8, 4) is 0 Å². The average Bonchev–Trinajstić information content (AvgIpc) is 3.29. The van der Waals surface area contributed by atoms with Crippen LogP contribution in [0.2, 0.25) is 5.02 Å². The van der Waals surface area contributed by atoms with Crippen LogP contribution in [0.15, 0.2) is 42.5 Å². The number of halogens is 1. The van der Waals surface area contributed by atoms with E-state index in [9.17, 15) is 9.59 Å². The van der Waals surface area contributed by atoms with E-state index in [1.54, 1.807) is 6.07 Å². The highest BCUT2D eigenvalue weighted by Crippen LogP contribution is 2.43. The van der Waals surface area contributed by atoms with Gasteiger partial charge in [-0.05, 0) is 24.3 Å². The fourth-order valence-electron chi connectivity index (χ4n) is 4.31. The molecule has 0 saturated heterocycles. The molecule has 0 aliphatic carbocycles. The van der Waals surface area contributed by atoms with E-state index in [-0.39, 0.29) is 11.8 Å². The Bertz CT molecular complexity index is 1490. The number of para-hydroxylation sites is 1. The molecule has 5 aromatic rings. The summed E-state index contributed by atoms with van der Waals surface area (Å²) in [6, 6.07) is 13.3. The molecule has 0 spiro atoms. The lowest BCUT2D eigenvalue weighted by Crippen LogP contribution is -2.24. The third-order valence-electron chi connectivity index (χ3n) is 5.50. The Hall–Kier alpha value is -3.31. The summed E-state index contributed by atoms with van der Waals surface area (Å²) in [5, 5.41) is 3.88. The largest absolute Gasteiger partial charge is 0.353 e. The van der Waals surface area contributed by atoms with Gasteiger partial charge in [-0.25, -0.2) is 0 Å². The maximum absolute atomic E-state index is 13.0. The normalized spacial score (nSPS) is 14.4. The fourth-order valence-corrected chi connectivity index (χ4v) is 4.48. The van der Waals surface area contributed by atoms with Gasteiger partial charge in [0, 0.05) is 44.6 Å². The number of benzene rings is 3. The lowest BCUT2D eigenvalue weighted by atomic mass is 9.97. The lowest BCUT2D eigenvalue weighted by Gasteiger charge is -2.03. The van der Waals surface area contributed by atoms with Gasteiger partial charge in [0.15, 0.2) is 0 Å². The molecule has 6 rings (SSSR count). The Morgan fingerprint density at radius 3 is 2.11 bits per heavy atom. The maximum atomic E-state index is 13.0. The van der Waals surface area contributed by atoms with Gasteiger partial charge in [0.25, 0.3) is 11.8 Å². The van der Waals surface area contributed by atoms with Gasteiger partial charge in [-0.1, -0.05) is 29.8 Å². The molecule has 0 atom stereocenters. The molecule has 1 aliphatic heterocycles. The van der Waals surface area contributed by atoms with Crippen LogP contribution in [0.3, 0.4) is 0 Å². The van der Waals surface area contributed by atoms with E-state index in [1.165, 1.54) is 11.9 Å². The van der Waals surface area contributed by atoms with Crippen LogP contribution in [0.1, 0.15) is 20.7 Å². The monoisotopic (exact) mass is 373 g/mol. The average molecular weight is 374 g/mol. The summed E-state index contributed by atoms with van der Waals surface area (Å²) in [6.07, 6.45) is 0. The number of carbonyl (C=O) groups excluding carboxylic acids is 2. The second kappa shape index (κ2) is 4.69. The molecule has 0 unspecified atom stereocenters. The van der Waals surface area contributed by atoms with Gasteiger partial charge in [0.1, 0.15) is 0 Å². The first-order chi connectivity index (χ1) is 13.1. The number of rotatable bonds is 0. The van der Waals surface area contributed by atoms with Crippen LogP contribution in [-0.2, 0) is 0 Å². The Morgan fingerprint density at radius 1 is 0.815 bits per heavy atom. The van der Waals surface area contributed by atoms with Crippen LogP contribution in [0.4, 0.5) is 0 Å². The lowest BCUT2D eigenvalue weighted by molar-refractivity contribution is 0.0694. The number of imide groups is 1. The van der Waals surface area contributed by atoms with E-state index < -0.39 is 0 Å². The van der Waals surface area contributed by atoms with E-state index in [0.29, 0.717) is 16.1 Å². The van der Waals surface area contributed by atoms with E-state index in [1.807, 2.05) is 36.4 Å². The highest BCUT2D eigenvalue weighted by Gasteiger charge is 2.38. The van der Waals surface area contributed by atoms with Gasteiger partial charge in [0.05, 0.1) is 22.2 Å².